The Morgan fingerprint density at radius 2 is 2.23 bits per heavy atom. The first-order valence-electron chi connectivity index (χ1n) is 4.36. The molecule has 0 saturated carbocycles. The molecule has 0 spiro atoms. The lowest BCUT2D eigenvalue weighted by atomic mass is 10.1. The van der Waals surface area contributed by atoms with Gasteiger partial charge >= 0.3 is 0 Å². The van der Waals surface area contributed by atoms with Crippen LogP contribution in [-0.4, -0.2) is 32.0 Å². The summed E-state index contributed by atoms with van der Waals surface area (Å²) in [5.41, 5.74) is 5.11. The van der Waals surface area contributed by atoms with Crippen molar-refractivity contribution in [3.05, 3.63) is 0 Å². The number of hydrogen-bond acceptors (Lipinski definition) is 3. The second kappa shape index (κ2) is 7.54. The number of hydrogen-bond donors (Lipinski definition) is 3. The highest BCUT2D eigenvalue weighted by Crippen LogP contribution is 1.98. The largest absolute Gasteiger partial charge is 0.368 e. The highest BCUT2D eigenvalue weighted by molar-refractivity contribution is 5.79. The smallest absolute Gasteiger partial charge is 0.234 e. The molecule has 13 heavy (non-hydrogen) atoms. The summed E-state index contributed by atoms with van der Waals surface area (Å²) < 4.78 is 0. The van der Waals surface area contributed by atoms with Gasteiger partial charge in [-0.1, -0.05) is 0 Å². The van der Waals surface area contributed by atoms with Gasteiger partial charge in [-0.3, -0.25) is 9.59 Å². The van der Waals surface area contributed by atoms with Crippen LogP contribution in [0.15, 0.2) is 0 Å². The van der Waals surface area contributed by atoms with Crippen LogP contribution in [0.4, 0.5) is 0 Å². The minimum Gasteiger partial charge on any atom is -0.368 e. The summed E-state index contributed by atoms with van der Waals surface area (Å²) in [7, 11) is 1.71. The van der Waals surface area contributed by atoms with Crippen LogP contribution in [-0.2, 0) is 9.59 Å². The average Bonchev–Trinajstić information content (AvgIpc) is 2.10. The zero-order valence-electron chi connectivity index (χ0n) is 7.88. The second-order valence-corrected chi connectivity index (χ2v) is 2.81. The van der Waals surface area contributed by atoms with Gasteiger partial charge in [0.05, 0.1) is 6.04 Å². The molecule has 0 saturated heterocycles. The summed E-state index contributed by atoms with van der Waals surface area (Å²) in [5.74, 6) is -0.328. The number of unbranched alkanes of at least 4 members (excludes halogenated alkanes) is 1. The van der Waals surface area contributed by atoms with E-state index in [9.17, 15) is 9.59 Å². The third kappa shape index (κ3) is 6.10. The van der Waals surface area contributed by atoms with Crippen molar-refractivity contribution in [2.75, 3.05) is 13.6 Å². The zero-order chi connectivity index (χ0) is 10.1. The van der Waals surface area contributed by atoms with Gasteiger partial charge in [0.25, 0.3) is 0 Å². The number of amides is 2. The van der Waals surface area contributed by atoms with Crippen LogP contribution in [0, 0.1) is 0 Å². The fourth-order valence-electron chi connectivity index (χ4n) is 1.06. The van der Waals surface area contributed by atoms with Gasteiger partial charge in [-0.15, -0.1) is 0 Å². The Bertz CT molecular complexity index is 161. The molecule has 0 aromatic rings. The van der Waals surface area contributed by atoms with E-state index in [4.69, 9.17) is 5.73 Å². The van der Waals surface area contributed by atoms with Gasteiger partial charge < -0.3 is 16.4 Å². The van der Waals surface area contributed by atoms with Crippen LogP contribution in [0.1, 0.15) is 19.3 Å². The molecule has 5 heteroatoms. The summed E-state index contributed by atoms with van der Waals surface area (Å²) in [6, 6.07) is -0.253. The van der Waals surface area contributed by atoms with Crippen LogP contribution < -0.4 is 16.4 Å². The maximum Gasteiger partial charge on any atom is 0.234 e. The highest BCUT2D eigenvalue weighted by atomic mass is 16.1. The molecule has 0 aliphatic carbocycles. The van der Waals surface area contributed by atoms with Gasteiger partial charge in [0, 0.05) is 6.54 Å². The molecule has 1 atom stereocenters. The van der Waals surface area contributed by atoms with E-state index in [-0.39, 0.29) is 11.9 Å². The topological polar surface area (TPSA) is 84.2 Å². The highest BCUT2D eigenvalue weighted by Gasteiger charge is 2.10. The Morgan fingerprint density at radius 3 is 2.69 bits per heavy atom. The first-order chi connectivity index (χ1) is 6.22. The van der Waals surface area contributed by atoms with Crippen LogP contribution in [0.5, 0.6) is 0 Å². The Morgan fingerprint density at radius 1 is 1.54 bits per heavy atom. The Labute approximate surface area is 78.1 Å². The minimum atomic E-state index is -0.328. The lowest BCUT2D eigenvalue weighted by Crippen LogP contribution is -2.39. The van der Waals surface area contributed by atoms with Gasteiger partial charge in [0.1, 0.15) is 0 Å². The fourth-order valence-corrected chi connectivity index (χ4v) is 1.06. The Balaban J connectivity index is 3.38. The first-order valence-corrected chi connectivity index (χ1v) is 4.36. The van der Waals surface area contributed by atoms with Crippen molar-refractivity contribution in [3.8, 4) is 0 Å². The molecule has 0 aliphatic heterocycles. The zero-order valence-corrected chi connectivity index (χ0v) is 7.88. The van der Waals surface area contributed by atoms with E-state index in [1.807, 2.05) is 0 Å². The monoisotopic (exact) mass is 187 g/mol. The lowest BCUT2D eigenvalue weighted by molar-refractivity contribution is -0.120. The summed E-state index contributed by atoms with van der Waals surface area (Å²) in [5, 5.41) is 5.38. The molecule has 2 amide bonds. The summed E-state index contributed by atoms with van der Waals surface area (Å²) in [4.78, 5) is 20.6. The summed E-state index contributed by atoms with van der Waals surface area (Å²) >= 11 is 0. The van der Waals surface area contributed by atoms with Crippen molar-refractivity contribution in [1.29, 1.82) is 0 Å². The molecule has 0 heterocycles. The van der Waals surface area contributed by atoms with E-state index in [2.05, 4.69) is 10.6 Å². The standard InChI is InChI=1S/C8H17N3O2/c1-10-7(8(9)13)4-2-3-5-11-6-12/h6-7,10H,2-5H2,1H3,(H2,9,13)(H,11,12). The Hall–Kier alpha value is -1.10. The second-order valence-electron chi connectivity index (χ2n) is 2.81. The fraction of sp³-hybridized carbons (Fsp3) is 0.750. The van der Waals surface area contributed by atoms with Crippen LogP contribution in [0.3, 0.4) is 0 Å². The molecule has 0 rings (SSSR count). The van der Waals surface area contributed by atoms with E-state index in [1.54, 1.807) is 7.05 Å². The van der Waals surface area contributed by atoms with Crippen molar-refractivity contribution in [2.24, 2.45) is 5.73 Å². The molecule has 0 fully saturated rings. The SMILES string of the molecule is CNC(CCCCNC=O)C(N)=O. The van der Waals surface area contributed by atoms with E-state index in [0.717, 1.165) is 12.8 Å². The van der Waals surface area contributed by atoms with E-state index in [0.29, 0.717) is 19.4 Å². The molecular weight excluding hydrogens is 170 g/mol. The number of nitrogens with two attached hydrogens (primary N) is 1. The van der Waals surface area contributed by atoms with Crippen molar-refractivity contribution >= 4 is 12.3 Å². The number of carbonyl (C=O) groups is 2. The predicted molar refractivity (Wildman–Crippen MR) is 50.0 cm³/mol. The summed E-state index contributed by atoms with van der Waals surface area (Å²) in [6.07, 6.45) is 3.12. The molecule has 0 aliphatic rings. The van der Waals surface area contributed by atoms with Gasteiger partial charge in [0.15, 0.2) is 0 Å². The predicted octanol–water partition coefficient (Wildman–Crippen LogP) is -1.02. The Kier molecular flexibility index (Phi) is 6.91. The van der Waals surface area contributed by atoms with Crippen LogP contribution in [0.2, 0.25) is 0 Å². The number of rotatable bonds is 8. The molecule has 0 aromatic heterocycles. The molecule has 0 aromatic carbocycles. The van der Waals surface area contributed by atoms with Gasteiger partial charge in [0.2, 0.25) is 12.3 Å². The van der Waals surface area contributed by atoms with Crippen molar-refractivity contribution in [2.45, 2.75) is 25.3 Å². The van der Waals surface area contributed by atoms with Crippen molar-refractivity contribution in [1.82, 2.24) is 10.6 Å². The molecule has 1 unspecified atom stereocenters. The van der Waals surface area contributed by atoms with E-state index >= 15 is 0 Å². The van der Waals surface area contributed by atoms with Crippen LogP contribution in [0.25, 0.3) is 0 Å². The third-order valence-electron chi connectivity index (χ3n) is 1.84. The molecule has 0 radical (unpaired) electrons. The number of nitrogens with one attached hydrogen (secondary N) is 2. The van der Waals surface area contributed by atoms with Crippen LogP contribution >= 0.6 is 0 Å². The molecule has 0 bridgehead atoms. The van der Waals surface area contributed by atoms with Gasteiger partial charge in [-0.05, 0) is 26.3 Å². The maximum atomic E-state index is 10.7. The van der Waals surface area contributed by atoms with E-state index < -0.39 is 0 Å². The normalized spacial score (nSPS) is 12.1. The maximum absolute atomic E-state index is 10.7. The number of carbonyl (C=O) groups excluding carboxylic acids is 2. The van der Waals surface area contributed by atoms with Gasteiger partial charge in [-0.2, -0.15) is 0 Å². The van der Waals surface area contributed by atoms with E-state index in [1.165, 1.54) is 0 Å². The third-order valence-corrected chi connectivity index (χ3v) is 1.84. The molecule has 4 N–H and O–H groups in total. The lowest BCUT2D eigenvalue weighted by Gasteiger charge is -2.11. The van der Waals surface area contributed by atoms with Gasteiger partial charge in [-0.25, -0.2) is 0 Å². The minimum absolute atomic E-state index is 0.253. The number of primary amides is 1. The van der Waals surface area contributed by atoms with Crippen molar-refractivity contribution in [3.63, 3.8) is 0 Å². The molecule has 5 nitrogen and oxygen atoms in total. The molecule has 76 valence electrons. The quantitative estimate of drug-likeness (QED) is 0.336. The molecular formula is C8H17N3O2. The average molecular weight is 187 g/mol. The first kappa shape index (κ1) is 11.9. The number of likely N-dealkylation sites (N-methyl/N-ethyl adjacent to an activating group) is 1. The summed E-state index contributed by atoms with van der Waals surface area (Å²) in [6.45, 7) is 0.651. The van der Waals surface area contributed by atoms with Crippen molar-refractivity contribution < 1.29 is 9.59 Å².